The van der Waals surface area contributed by atoms with Crippen molar-refractivity contribution in [1.82, 2.24) is 15.0 Å². The zero-order valence-electron chi connectivity index (χ0n) is 14.9. The van der Waals surface area contributed by atoms with E-state index in [0.29, 0.717) is 24.6 Å². The molecule has 0 bridgehead atoms. The highest BCUT2D eigenvalue weighted by atomic mass is 16.2. The molecule has 0 atom stereocenters. The molecule has 26 heavy (non-hydrogen) atoms. The molecule has 0 spiro atoms. The minimum atomic E-state index is -0.114. The van der Waals surface area contributed by atoms with Gasteiger partial charge in [0, 0.05) is 43.6 Å². The molecule has 3 rings (SSSR count). The summed E-state index contributed by atoms with van der Waals surface area (Å²) in [5.41, 5.74) is 3.48. The summed E-state index contributed by atoms with van der Waals surface area (Å²) in [6, 6.07) is 11.7. The van der Waals surface area contributed by atoms with Crippen LogP contribution in [0.1, 0.15) is 28.4 Å². The van der Waals surface area contributed by atoms with Gasteiger partial charge in [0.1, 0.15) is 0 Å². The summed E-state index contributed by atoms with van der Waals surface area (Å²) in [5, 5.41) is 3.12. The molecule has 0 saturated heterocycles. The number of carbonyl (C=O) groups is 1. The van der Waals surface area contributed by atoms with Crippen LogP contribution in [0.3, 0.4) is 0 Å². The van der Waals surface area contributed by atoms with E-state index >= 15 is 0 Å². The number of pyridine rings is 1. The van der Waals surface area contributed by atoms with Gasteiger partial charge < -0.3 is 10.2 Å². The maximum Gasteiger partial charge on any atom is 0.261 e. The van der Waals surface area contributed by atoms with Crippen molar-refractivity contribution in [2.75, 3.05) is 16.8 Å². The van der Waals surface area contributed by atoms with Crippen molar-refractivity contribution in [3.8, 4) is 0 Å². The van der Waals surface area contributed by atoms with E-state index in [1.165, 1.54) is 0 Å². The highest BCUT2D eigenvalue weighted by Gasteiger charge is 2.17. The van der Waals surface area contributed by atoms with Gasteiger partial charge in [0.2, 0.25) is 5.95 Å². The number of nitrogens with one attached hydrogen (secondary N) is 1. The smallest absolute Gasteiger partial charge is 0.261 e. The zero-order chi connectivity index (χ0) is 18.4. The van der Waals surface area contributed by atoms with E-state index in [9.17, 15) is 4.79 Å². The van der Waals surface area contributed by atoms with Crippen LogP contribution < -0.4 is 10.2 Å². The van der Waals surface area contributed by atoms with Gasteiger partial charge in [-0.15, -0.1) is 0 Å². The average molecular weight is 347 g/mol. The Hall–Kier alpha value is -3.28. The first kappa shape index (κ1) is 17.5. The van der Waals surface area contributed by atoms with Crippen molar-refractivity contribution < 1.29 is 4.79 Å². The van der Waals surface area contributed by atoms with Crippen LogP contribution in [0.4, 0.5) is 11.6 Å². The van der Waals surface area contributed by atoms with E-state index < -0.39 is 0 Å². The number of rotatable bonds is 6. The average Bonchev–Trinajstić information content (AvgIpc) is 2.68. The van der Waals surface area contributed by atoms with Crippen molar-refractivity contribution in [2.24, 2.45) is 0 Å². The van der Waals surface area contributed by atoms with Crippen LogP contribution in [-0.2, 0) is 6.54 Å². The van der Waals surface area contributed by atoms with Crippen LogP contribution in [-0.4, -0.2) is 27.4 Å². The third kappa shape index (κ3) is 4.22. The van der Waals surface area contributed by atoms with E-state index in [1.807, 2.05) is 50.2 Å². The van der Waals surface area contributed by atoms with Crippen LogP contribution in [0, 0.1) is 6.92 Å². The molecule has 1 aromatic carbocycles. The fourth-order valence-corrected chi connectivity index (χ4v) is 2.61. The van der Waals surface area contributed by atoms with Gasteiger partial charge in [0.05, 0.1) is 5.56 Å². The summed E-state index contributed by atoms with van der Waals surface area (Å²) in [5.74, 6) is 0.362. The zero-order valence-corrected chi connectivity index (χ0v) is 14.9. The lowest BCUT2D eigenvalue weighted by Gasteiger charge is -2.21. The highest BCUT2D eigenvalue weighted by Crippen LogP contribution is 2.18. The Morgan fingerprint density at radius 2 is 1.92 bits per heavy atom. The highest BCUT2D eigenvalue weighted by molar-refractivity contribution is 6.05. The molecular formula is C20H21N5O. The lowest BCUT2D eigenvalue weighted by atomic mass is 10.2. The SMILES string of the molecule is CCN(C(=O)c1cnc(NCc2cccnc2)nc1)c1cccc(C)c1. The molecule has 0 saturated carbocycles. The fraction of sp³-hybridized carbons (Fsp3) is 0.200. The largest absolute Gasteiger partial charge is 0.350 e. The first-order valence-electron chi connectivity index (χ1n) is 8.50. The Balaban J connectivity index is 1.69. The predicted octanol–water partition coefficient (Wildman–Crippen LogP) is 3.46. The molecule has 0 aliphatic heterocycles. The van der Waals surface area contributed by atoms with Crippen LogP contribution in [0.15, 0.2) is 61.2 Å². The number of carbonyl (C=O) groups excluding carboxylic acids is 1. The minimum absolute atomic E-state index is 0.114. The quantitative estimate of drug-likeness (QED) is 0.739. The van der Waals surface area contributed by atoms with Gasteiger partial charge in [0.25, 0.3) is 5.91 Å². The van der Waals surface area contributed by atoms with Crippen molar-refractivity contribution in [2.45, 2.75) is 20.4 Å². The first-order chi connectivity index (χ1) is 12.7. The van der Waals surface area contributed by atoms with E-state index in [1.54, 1.807) is 29.7 Å². The second-order valence-corrected chi connectivity index (χ2v) is 5.90. The van der Waals surface area contributed by atoms with Gasteiger partial charge in [-0.2, -0.15) is 0 Å². The summed E-state index contributed by atoms with van der Waals surface area (Å²) >= 11 is 0. The van der Waals surface area contributed by atoms with Crippen molar-refractivity contribution in [3.63, 3.8) is 0 Å². The van der Waals surface area contributed by atoms with Gasteiger partial charge in [0.15, 0.2) is 0 Å². The second-order valence-electron chi connectivity index (χ2n) is 5.90. The minimum Gasteiger partial charge on any atom is -0.350 e. The van der Waals surface area contributed by atoms with Gasteiger partial charge in [-0.3, -0.25) is 9.78 Å². The summed E-state index contributed by atoms with van der Waals surface area (Å²) in [6.07, 6.45) is 6.62. The van der Waals surface area contributed by atoms with E-state index in [-0.39, 0.29) is 5.91 Å². The number of aryl methyl sites for hydroxylation is 1. The Morgan fingerprint density at radius 3 is 2.58 bits per heavy atom. The predicted molar refractivity (Wildman–Crippen MR) is 102 cm³/mol. The van der Waals surface area contributed by atoms with E-state index in [2.05, 4.69) is 20.3 Å². The summed E-state index contributed by atoms with van der Waals surface area (Å²) in [6.45, 7) is 5.10. The molecule has 2 aromatic heterocycles. The molecule has 0 fully saturated rings. The number of benzene rings is 1. The molecule has 6 heteroatoms. The number of nitrogens with zero attached hydrogens (tertiary/aromatic N) is 4. The molecule has 0 aliphatic rings. The second kappa shape index (κ2) is 8.20. The lowest BCUT2D eigenvalue weighted by Crippen LogP contribution is -2.30. The molecule has 1 N–H and O–H groups in total. The first-order valence-corrected chi connectivity index (χ1v) is 8.50. The summed E-state index contributed by atoms with van der Waals surface area (Å²) < 4.78 is 0. The third-order valence-electron chi connectivity index (χ3n) is 3.95. The molecule has 0 aliphatic carbocycles. The van der Waals surface area contributed by atoms with Crippen LogP contribution >= 0.6 is 0 Å². The third-order valence-corrected chi connectivity index (χ3v) is 3.95. The Morgan fingerprint density at radius 1 is 1.12 bits per heavy atom. The summed E-state index contributed by atoms with van der Waals surface area (Å²) in [7, 11) is 0. The number of hydrogen-bond acceptors (Lipinski definition) is 5. The van der Waals surface area contributed by atoms with Gasteiger partial charge in [-0.05, 0) is 43.2 Å². The van der Waals surface area contributed by atoms with Gasteiger partial charge >= 0.3 is 0 Å². The monoisotopic (exact) mass is 347 g/mol. The van der Waals surface area contributed by atoms with Crippen LogP contribution in [0.25, 0.3) is 0 Å². The molecule has 1 amide bonds. The Labute approximate surface area is 153 Å². The standard InChI is InChI=1S/C20H21N5O/c1-3-25(18-8-4-6-15(2)10-18)19(26)17-13-23-20(24-14-17)22-12-16-7-5-9-21-11-16/h4-11,13-14H,3,12H2,1-2H3,(H,22,23,24). The number of amides is 1. The Bertz CT molecular complexity index is 865. The molecule has 0 unspecified atom stereocenters. The number of aromatic nitrogens is 3. The van der Waals surface area contributed by atoms with E-state index in [0.717, 1.165) is 16.8 Å². The van der Waals surface area contributed by atoms with Crippen LogP contribution in [0.2, 0.25) is 0 Å². The molecule has 0 radical (unpaired) electrons. The van der Waals surface area contributed by atoms with E-state index in [4.69, 9.17) is 0 Å². The molecule has 132 valence electrons. The lowest BCUT2D eigenvalue weighted by molar-refractivity contribution is 0.0987. The van der Waals surface area contributed by atoms with Crippen molar-refractivity contribution in [1.29, 1.82) is 0 Å². The number of hydrogen-bond donors (Lipinski definition) is 1. The van der Waals surface area contributed by atoms with Gasteiger partial charge in [-0.1, -0.05) is 18.2 Å². The maximum atomic E-state index is 12.8. The fourth-order valence-electron chi connectivity index (χ4n) is 2.61. The molecule has 3 aromatic rings. The molecule has 2 heterocycles. The van der Waals surface area contributed by atoms with Crippen molar-refractivity contribution >= 4 is 17.5 Å². The number of anilines is 2. The van der Waals surface area contributed by atoms with Crippen molar-refractivity contribution in [3.05, 3.63) is 77.9 Å². The van der Waals surface area contributed by atoms with Crippen LogP contribution in [0.5, 0.6) is 0 Å². The molecular weight excluding hydrogens is 326 g/mol. The van der Waals surface area contributed by atoms with Gasteiger partial charge in [-0.25, -0.2) is 9.97 Å². The maximum absolute atomic E-state index is 12.8. The Kier molecular flexibility index (Phi) is 5.53. The molecule has 6 nitrogen and oxygen atoms in total. The summed E-state index contributed by atoms with van der Waals surface area (Å²) in [4.78, 5) is 27.1. The normalized spacial score (nSPS) is 10.4. The topological polar surface area (TPSA) is 71.0 Å².